The van der Waals surface area contributed by atoms with E-state index >= 15 is 0 Å². The molecule has 4 nitrogen and oxygen atoms in total. The number of carbonyl (C=O) groups excluding carboxylic acids is 1. The second-order valence-corrected chi connectivity index (χ2v) is 6.12. The van der Waals surface area contributed by atoms with Crippen LogP contribution in [0.25, 0.3) is 0 Å². The fourth-order valence-corrected chi connectivity index (χ4v) is 3.14. The second kappa shape index (κ2) is 8.15. The third kappa shape index (κ3) is 5.14. The third-order valence-electron chi connectivity index (χ3n) is 4.59. The lowest BCUT2D eigenvalue weighted by Gasteiger charge is -2.36. The Hall–Kier alpha value is -1.39. The summed E-state index contributed by atoms with van der Waals surface area (Å²) in [4.78, 5) is 13.7. The maximum absolute atomic E-state index is 11.2. The van der Waals surface area contributed by atoms with Gasteiger partial charge in [-0.25, -0.2) is 5.84 Å². The van der Waals surface area contributed by atoms with E-state index in [1.165, 1.54) is 24.8 Å². The molecule has 0 spiro atoms. The molecule has 1 amide bonds. The summed E-state index contributed by atoms with van der Waals surface area (Å²) in [7, 11) is 0. The van der Waals surface area contributed by atoms with Crippen molar-refractivity contribution >= 4 is 5.91 Å². The van der Waals surface area contributed by atoms with Crippen molar-refractivity contribution in [2.75, 3.05) is 13.1 Å². The topological polar surface area (TPSA) is 58.4 Å². The number of benzene rings is 1. The van der Waals surface area contributed by atoms with Crippen molar-refractivity contribution in [2.45, 2.75) is 45.1 Å². The van der Waals surface area contributed by atoms with E-state index in [0.29, 0.717) is 12.5 Å². The smallest absolute Gasteiger partial charge is 0.233 e. The first-order valence-electron chi connectivity index (χ1n) is 7.96. The van der Waals surface area contributed by atoms with Gasteiger partial charge in [-0.2, -0.15) is 0 Å². The van der Waals surface area contributed by atoms with E-state index in [9.17, 15) is 4.79 Å². The minimum absolute atomic E-state index is 0.0687. The van der Waals surface area contributed by atoms with Gasteiger partial charge in [-0.3, -0.25) is 10.2 Å². The predicted octanol–water partition coefficient (Wildman–Crippen LogP) is 2.10. The van der Waals surface area contributed by atoms with Crippen molar-refractivity contribution in [3.63, 3.8) is 0 Å². The molecule has 0 aliphatic carbocycles. The predicted molar refractivity (Wildman–Crippen MR) is 85.5 cm³/mol. The molecule has 0 aromatic heterocycles. The van der Waals surface area contributed by atoms with Crippen molar-refractivity contribution in [3.8, 4) is 0 Å². The van der Waals surface area contributed by atoms with Gasteiger partial charge in [0, 0.05) is 12.5 Å². The van der Waals surface area contributed by atoms with Crippen LogP contribution in [0.5, 0.6) is 0 Å². The normalized spacial score (nSPS) is 18.4. The van der Waals surface area contributed by atoms with Gasteiger partial charge in [0.15, 0.2) is 0 Å². The van der Waals surface area contributed by atoms with Crippen LogP contribution in [-0.2, 0) is 11.2 Å². The van der Waals surface area contributed by atoms with Crippen molar-refractivity contribution in [2.24, 2.45) is 11.8 Å². The van der Waals surface area contributed by atoms with Crippen LogP contribution in [0, 0.1) is 5.92 Å². The molecule has 1 aliphatic rings. The Kier molecular flexibility index (Phi) is 6.21. The van der Waals surface area contributed by atoms with Crippen LogP contribution in [-0.4, -0.2) is 29.9 Å². The highest BCUT2D eigenvalue weighted by molar-refractivity contribution is 5.75. The average Bonchev–Trinajstić information content (AvgIpc) is 2.54. The van der Waals surface area contributed by atoms with Gasteiger partial charge in [-0.15, -0.1) is 0 Å². The largest absolute Gasteiger partial charge is 0.301 e. The van der Waals surface area contributed by atoms with Gasteiger partial charge in [-0.05, 0) is 57.2 Å². The fourth-order valence-electron chi connectivity index (χ4n) is 3.14. The van der Waals surface area contributed by atoms with Gasteiger partial charge < -0.3 is 4.90 Å². The van der Waals surface area contributed by atoms with Gasteiger partial charge in [0.25, 0.3) is 0 Å². The molecular formula is C17H27N3O. The summed E-state index contributed by atoms with van der Waals surface area (Å²) < 4.78 is 0. The first-order valence-corrected chi connectivity index (χ1v) is 7.96. The summed E-state index contributed by atoms with van der Waals surface area (Å²) in [6.07, 6.45) is 5.09. The Morgan fingerprint density at radius 2 is 2.00 bits per heavy atom. The second-order valence-electron chi connectivity index (χ2n) is 6.12. The van der Waals surface area contributed by atoms with Gasteiger partial charge in [0.1, 0.15) is 0 Å². The van der Waals surface area contributed by atoms with Crippen LogP contribution in [0.15, 0.2) is 30.3 Å². The highest BCUT2D eigenvalue weighted by Gasteiger charge is 2.23. The maximum atomic E-state index is 11.2. The molecule has 3 N–H and O–H groups in total. The number of nitrogens with two attached hydrogens (primary N) is 1. The van der Waals surface area contributed by atoms with Crippen molar-refractivity contribution in [3.05, 3.63) is 35.9 Å². The first-order chi connectivity index (χ1) is 10.2. The quantitative estimate of drug-likeness (QED) is 0.479. The number of amides is 1. The van der Waals surface area contributed by atoms with Gasteiger partial charge in [0.2, 0.25) is 5.91 Å². The lowest BCUT2D eigenvalue weighted by molar-refractivity contribution is -0.121. The molecule has 0 saturated carbocycles. The van der Waals surface area contributed by atoms with E-state index < -0.39 is 0 Å². The Labute approximate surface area is 127 Å². The molecule has 1 aromatic carbocycles. The average molecular weight is 289 g/mol. The summed E-state index contributed by atoms with van der Waals surface area (Å²) in [6, 6.07) is 11.2. The summed E-state index contributed by atoms with van der Waals surface area (Å²) in [6.45, 7) is 4.49. The number of nitrogens with zero attached hydrogens (tertiary/aromatic N) is 1. The number of hydrazine groups is 1. The van der Waals surface area contributed by atoms with Crippen molar-refractivity contribution in [1.29, 1.82) is 0 Å². The Morgan fingerprint density at radius 1 is 1.33 bits per heavy atom. The molecule has 1 heterocycles. The van der Waals surface area contributed by atoms with Crippen LogP contribution in [0.1, 0.15) is 38.2 Å². The summed E-state index contributed by atoms with van der Waals surface area (Å²) in [5.74, 6) is 5.84. The third-order valence-corrected chi connectivity index (χ3v) is 4.59. The SMILES string of the molecule is CC(CCC(=O)NN)N1CCC(Cc2ccccc2)CC1. The van der Waals surface area contributed by atoms with Gasteiger partial charge in [0.05, 0.1) is 0 Å². The molecule has 21 heavy (non-hydrogen) atoms. The van der Waals surface area contributed by atoms with E-state index in [-0.39, 0.29) is 5.91 Å². The number of hydrogen-bond donors (Lipinski definition) is 2. The number of rotatable bonds is 6. The van der Waals surface area contributed by atoms with Crippen LogP contribution in [0.4, 0.5) is 0 Å². The molecule has 1 atom stereocenters. The zero-order valence-corrected chi connectivity index (χ0v) is 12.9. The number of nitrogens with one attached hydrogen (secondary N) is 1. The lowest BCUT2D eigenvalue weighted by Crippen LogP contribution is -2.41. The zero-order valence-electron chi connectivity index (χ0n) is 12.9. The maximum Gasteiger partial charge on any atom is 0.233 e. The minimum atomic E-state index is -0.0687. The van der Waals surface area contributed by atoms with Crippen molar-refractivity contribution in [1.82, 2.24) is 10.3 Å². The van der Waals surface area contributed by atoms with E-state index in [4.69, 9.17) is 5.84 Å². The summed E-state index contributed by atoms with van der Waals surface area (Å²) in [5.41, 5.74) is 3.65. The minimum Gasteiger partial charge on any atom is -0.301 e. The summed E-state index contributed by atoms with van der Waals surface area (Å²) in [5, 5.41) is 0. The zero-order chi connectivity index (χ0) is 15.1. The fraction of sp³-hybridized carbons (Fsp3) is 0.588. The molecule has 2 rings (SSSR count). The molecule has 1 unspecified atom stereocenters. The Balaban J connectivity index is 1.71. The van der Waals surface area contributed by atoms with Crippen LogP contribution in [0.3, 0.4) is 0 Å². The number of likely N-dealkylation sites (tertiary alicyclic amines) is 1. The standard InChI is InChI=1S/C17H27N3O/c1-14(7-8-17(21)19-18)20-11-9-16(10-12-20)13-15-5-3-2-4-6-15/h2-6,14,16H,7-13,18H2,1H3,(H,19,21). The Bertz CT molecular complexity index is 427. The number of hydrogen-bond acceptors (Lipinski definition) is 3. The molecular weight excluding hydrogens is 262 g/mol. The number of carbonyl (C=O) groups is 1. The number of piperidine rings is 1. The van der Waals surface area contributed by atoms with Crippen LogP contribution >= 0.6 is 0 Å². The molecule has 0 radical (unpaired) electrons. The molecule has 4 heteroatoms. The van der Waals surface area contributed by atoms with E-state index in [0.717, 1.165) is 25.4 Å². The lowest BCUT2D eigenvalue weighted by atomic mass is 9.89. The van der Waals surface area contributed by atoms with Gasteiger partial charge in [-0.1, -0.05) is 30.3 Å². The van der Waals surface area contributed by atoms with Crippen LogP contribution in [0.2, 0.25) is 0 Å². The molecule has 1 aliphatic heterocycles. The van der Waals surface area contributed by atoms with Crippen molar-refractivity contribution < 1.29 is 4.79 Å². The van der Waals surface area contributed by atoms with Crippen LogP contribution < -0.4 is 11.3 Å². The summed E-state index contributed by atoms with van der Waals surface area (Å²) >= 11 is 0. The highest BCUT2D eigenvalue weighted by Crippen LogP contribution is 2.23. The van der Waals surface area contributed by atoms with E-state index in [2.05, 4.69) is 47.6 Å². The Morgan fingerprint density at radius 3 is 2.62 bits per heavy atom. The first kappa shape index (κ1) is 16.0. The van der Waals surface area contributed by atoms with E-state index in [1.807, 2.05) is 0 Å². The monoisotopic (exact) mass is 289 g/mol. The highest BCUT2D eigenvalue weighted by atomic mass is 16.2. The molecule has 1 aromatic rings. The molecule has 1 fully saturated rings. The van der Waals surface area contributed by atoms with Gasteiger partial charge >= 0.3 is 0 Å². The molecule has 0 bridgehead atoms. The molecule has 116 valence electrons. The van der Waals surface area contributed by atoms with E-state index in [1.54, 1.807) is 0 Å². The molecule has 1 saturated heterocycles.